The van der Waals surface area contributed by atoms with Crippen LogP contribution < -0.4 is 4.90 Å². The number of nitrogens with zero attached hydrogens (tertiary/aromatic N) is 1. The molecule has 0 radical (unpaired) electrons. The number of amides is 1. The lowest BCUT2D eigenvalue weighted by Crippen LogP contribution is -2.24. The minimum Gasteiger partial charge on any atom is -0.311 e. The summed E-state index contributed by atoms with van der Waals surface area (Å²) >= 11 is 0. The van der Waals surface area contributed by atoms with Gasteiger partial charge in [0.05, 0.1) is 5.69 Å². The maximum Gasteiger partial charge on any atom is 0.227 e. The fourth-order valence-electron chi connectivity index (χ4n) is 2.54. The van der Waals surface area contributed by atoms with Crippen LogP contribution in [0.15, 0.2) is 60.7 Å². The highest BCUT2D eigenvalue weighted by Gasteiger charge is 2.22. The molecule has 0 bridgehead atoms. The molecule has 2 aromatic carbocycles. The highest BCUT2D eigenvalue weighted by Crippen LogP contribution is 2.24. The van der Waals surface area contributed by atoms with Crippen molar-refractivity contribution in [3.63, 3.8) is 0 Å². The van der Waals surface area contributed by atoms with Crippen LogP contribution >= 0.6 is 0 Å². The van der Waals surface area contributed by atoms with Crippen LogP contribution in [0.4, 0.5) is 5.69 Å². The van der Waals surface area contributed by atoms with Crippen molar-refractivity contribution in [1.29, 1.82) is 0 Å². The van der Waals surface area contributed by atoms with Gasteiger partial charge in [-0.2, -0.15) is 0 Å². The molecule has 108 valence electrons. The van der Waals surface area contributed by atoms with Gasteiger partial charge in [-0.05, 0) is 36.3 Å². The summed E-state index contributed by atoms with van der Waals surface area (Å²) in [5, 5.41) is 0. The Bertz CT molecular complexity index is 750. The molecule has 22 heavy (non-hydrogen) atoms. The molecule has 3 rings (SSSR count). The minimum absolute atomic E-state index is 0.189. The van der Waals surface area contributed by atoms with Gasteiger partial charge in [0.1, 0.15) is 0 Å². The van der Waals surface area contributed by atoms with Gasteiger partial charge in [-0.15, -0.1) is 0 Å². The molecule has 0 unspecified atom stereocenters. The number of allylic oxidation sites excluding steroid dienone is 1. The predicted octanol–water partition coefficient (Wildman–Crippen LogP) is 3.88. The molecule has 2 aromatic rings. The summed E-state index contributed by atoms with van der Waals surface area (Å²) in [6.07, 6.45) is 5.39. The lowest BCUT2D eigenvalue weighted by molar-refractivity contribution is -0.117. The molecule has 1 saturated heterocycles. The number of hydrogen-bond acceptors (Lipinski definition) is 1. The van der Waals surface area contributed by atoms with Gasteiger partial charge in [0.25, 0.3) is 0 Å². The van der Waals surface area contributed by atoms with Crippen molar-refractivity contribution in [2.75, 3.05) is 11.4 Å². The van der Waals surface area contributed by atoms with E-state index in [0.717, 1.165) is 29.8 Å². The van der Waals surface area contributed by atoms with E-state index in [9.17, 15) is 4.79 Å². The molecule has 2 heteroatoms. The van der Waals surface area contributed by atoms with E-state index in [0.29, 0.717) is 6.42 Å². The Kier molecular flexibility index (Phi) is 4.36. The van der Waals surface area contributed by atoms with Crippen LogP contribution in [0.25, 0.3) is 6.08 Å². The zero-order valence-corrected chi connectivity index (χ0v) is 12.3. The van der Waals surface area contributed by atoms with E-state index >= 15 is 0 Å². The van der Waals surface area contributed by atoms with Gasteiger partial charge in [-0.3, -0.25) is 4.79 Å². The SMILES string of the molecule is O=C1CCCN1c1ccccc1C#C/C=C/c1ccccc1. The largest absolute Gasteiger partial charge is 0.311 e. The Balaban J connectivity index is 1.80. The second kappa shape index (κ2) is 6.78. The van der Waals surface area contributed by atoms with Crippen LogP contribution in [0.5, 0.6) is 0 Å². The fourth-order valence-corrected chi connectivity index (χ4v) is 2.54. The summed E-state index contributed by atoms with van der Waals surface area (Å²) in [6.45, 7) is 0.789. The topological polar surface area (TPSA) is 20.3 Å². The van der Waals surface area contributed by atoms with E-state index in [1.807, 2.05) is 71.6 Å². The van der Waals surface area contributed by atoms with Crippen molar-refractivity contribution in [1.82, 2.24) is 0 Å². The molecule has 0 spiro atoms. The van der Waals surface area contributed by atoms with Gasteiger partial charge >= 0.3 is 0 Å². The molecular weight excluding hydrogens is 270 g/mol. The van der Waals surface area contributed by atoms with Gasteiger partial charge in [0, 0.05) is 18.5 Å². The van der Waals surface area contributed by atoms with Gasteiger partial charge in [-0.1, -0.05) is 54.3 Å². The third-order valence-electron chi connectivity index (χ3n) is 3.63. The highest BCUT2D eigenvalue weighted by molar-refractivity contribution is 5.96. The van der Waals surface area contributed by atoms with Crippen molar-refractivity contribution in [2.24, 2.45) is 0 Å². The number of carbonyl (C=O) groups excluding carboxylic acids is 1. The van der Waals surface area contributed by atoms with Crippen LogP contribution in [-0.2, 0) is 4.79 Å². The molecule has 1 amide bonds. The van der Waals surface area contributed by atoms with Crippen LogP contribution in [-0.4, -0.2) is 12.5 Å². The van der Waals surface area contributed by atoms with E-state index < -0.39 is 0 Å². The predicted molar refractivity (Wildman–Crippen MR) is 90.4 cm³/mol. The molecule has 1 heterocycles. The molecular formula is C20H17NO. The van der Waals surface area contributed by atoms with Gasteiger partial charge in [0.2, 0.25) is 5.91 Å². The number of benzene rings is 2. The normalized spacial score (nSPS) is 14.2. The molecule has 2 nitrogen and oxygen atoms in total. The monoisotopic (exact) mass is 287 g/mol. The molecule has 1 aliphatic rings. The highest BCUT2D eigenvalue weighted by atomic mass is 16.2. The molecule has 0 aliphatic carbocycles. The van der Waals surface area contributed by atoms with E-state index in [1.165, 1.54) is 0 Å². The second-order valence-corrected chi connectivity index (χ2v) is 5.18. The Morgan fingerprint density at radius 2 is 1.77 bits per heavy atom. The Labute approximate surface area is 131 Å². The standard InChI is InChI=1S/C20H17NO/c22-20-15-8-16-21(20)19-14-7-6-13-18(19)12-5-4-11-17-9-2-1-3-10-17/h1-4,6-7,9-11,13-14H,8,15-16H2/b11-4+. The van der Waals surface area contributed by atoms with E-state index in [-0.39, 0.29) is 5.91 Å². The molecule has 0 N–H and O–H groups in total. The molecule has 1 fully saturated rings. The number of hydrogen-bond donors (Lipinski definition) is 0. The molecule has 0 saturated carbocycles. The van der Waals surface area contributed by atoms with Crippen molar-refractivity contribution in [2.45, 2.75) is 12.8 Å². The van der Waals surface area contributed by atoms with Gasteiger partial charge in [-0.25, -0.2) is 0 Å². The summed E-state index contributed by atoms with van der Waals surface area (Å²) in [7, 11) is 0. The summed E-state index contributed by atoms with van der Waals surface area (Å²) < 4.78 is 0. The molecule has 1 aliphatic heterocycles. The van der Waals surface area contributed by atoms with Crippen molar-refractivity contribution in [3.05, 3.63) is 71.8 Å². The number of anilines is 1. The third kappa shape index (κ3) is 3.27. The van der Waals surface area contributed by atoms with Crippen LogP contribution in [0, 0.1) is 11.8 Å². The number of carbonyl (C=O) groups is 1. The Morgan fingerprint density at radius 3 is 2.55 bits per heavy atom. The lowest BCUT2D eigenvalue weighted by Gasteiger charge is -2.17. The van der Waals surface area contributed by atoms with E-state index in [4.69, 9.17) is 0 Å². The molecule has 0 aromatic heterocycles. The number of para-hydroxylation sites is 1. The second-order valence-electron chi connectivity index (χ2n) is 5.18. The third-order valence-corrected chi connectivity index (χ3v) is 3.63. The van der Waals surface area contributed by atoms with Crippen LogP contribution in [0.3, 0.4) is 0 Å². The zero-order chi connectivity index (χ0) is 15.2. The Morgan fingerprint density at radius 1 is 1.00 bits per heavy atom. The Hall–Kier alpha value is -2.79. The van der Waals surface area contributed by atoms with Crippen molar-refractivity contribution >= 4 is 17.7 Å². The summed E-state index contributed by atoms with van der Waals surface area (Å²) in [5.41, 5.74) is 2.95. The zero-order valence-electron chi connectivity index (χ0n) is 12.3. The average Bonchev–Trinajstić information content (AvgIpc) is 2.99. The van der Waals surface area contributed by atoms with Crippen LogP contribution in [0.1, 0.15) is 24.0 Å². The summed E-state index contributed by atoms with van der Waals surface area (Å²) in [5.74, 6) is 6.40. The average molecular weight is 287 g/mol. The van der Waals surface area contributed by atoms with Crippen molar-refractivity contribution < 1.29 is 4.79 Å². The summed E-state index contributed by atoms with van der Waals surface area (Å²) in [4.78, 5) is 13.7. The fraction of sp³-hybridized carbons (Fsp3) is 0.150. The number of rotatable bonds is 2. The first-order valence-corrected chi connectivity index (χ1v) is 7.47. The van der Waals surface area contributed by atoms with Gasteiger partial charge < -0.3 is 4.90 Å². The van der Waals surface area contributed by atoms with E-state index in [1.54, 1.807) is 0 Å². The van der Waals surface area contributed by atoms with Crippen molar-refractivity contribution in [3.8, 4) is 11.8 Å². The maximum absolute atomic E-state index is 11.9. The maximum atomic E-state index is 11.9. The summed E-state index contributed by atoms with van der Waals surface area (Å²) in [6, 6.07) is 17.9. The molecule has 0 atom stereocenters. The van der Waals surface area contributed by atoms with Gasteiger partial charge in [0.15, 0.2) is 0 Å². The minimum atomic E-state index is 0.189. The van der Waals surface area contributed by atoms with Crippen LogP contribution in [0.2, 0.25) is 0 Å². The first-order chi connectivity index (χ1) is 10.8. The van der Waals surface area contributed by atoms with E-state index in [2.05, 4.69) is 11.8 Å². The quantitative estimate of drug-likeness (QED) is 0.768. The first-order valence-electron chi connectivity index (χ1n) is 7.47. The lowest BCUT2D eigenvalue weighted by atomic mass is 10.1. The first kappa shape index (κ1) is 14.2. The smallest absolute Gasteiger partial charge is 0.227 e.